The van der Waals surface area contributed by atoms with Gasteiger partial charge in [-0.3, -0.25) is 19.9 Å². The molecule has 0 unspecified atom stereocenters. The second kappa shape index (κ2) is 11.5. The van der Waals surface area contributed by atoms with Crippen LogP contribution in [0.3, 0.4) is 0 Å². The van der Waals surface area contributed by atoms with Crippen LogP contribution in [0.25, 0.3) is 21.8 Å². The molecule has 1 aliphatic carbocycles. The number of nitrogens with zero attached hydrogens (tertiary/aromatic N) is 3. The maximum atomic E-state index is 13.2. The van der Waals surface area contributed by atoms with Gasteiger partial charge in [0.15, 0.2) is 0 Å². The predicted molar refractivity (Wildman–Crippen MR) is 154 cm³/mol. The van der Waals surface area contributed by atoms with E-state index in [0.29, 0.717) is 34.8 Å². The number of anilines is 1. The van der Waals surface area contributed by atoms with Crippen molar-refractivity contribution in [2.45, 2.75) is 44.9 Å². The molecule has 1 saturated heterocycles. The molecule has 4 aromatic rings. The minimum Gasteiger partial charge on any atom is -0.352 e. The fraction of sp³-hybridized carbons (Fsp3) is 0.419. The van der Waals surface area contributed by atoms with E-state index >= 15 is 0 Å². The highest BCUT2D eigenvalue weighted by molar-refractivity contribution is 6.07. The zero-order valence-corrected chi connectivity index (χ0v) is 22.3. The normalized spacial score (nSPS) is 18.8. The molecule has 2 aromatic heterocycles. The van der Waals surface area contributed by atoms with E-state index in [1.54, 1.807) is 18.3 Å². The van der Waals surface area contributed by atoms with E-state index in [2.05, 4.69) is 30.5 Å². The van der Waals surface area contributed by atoms with Gasteiger partial charge in [-0.2, -0.15) is 0 Å². The molecular formula is C31H36N6O2. The lowest BCUT2D eigenvalue weighted by Crippen LogP contribution is -2.43. The summed E-state index contributed by atoms with van der Waals surface area (Å²) >= 11 is 0. The number of likely N-dealkylation sites (tertiary alicyclic amines) is 1. The number of aromatic amines is 1. The smallest absolute Gasteiger partial charge is 0.276 e. The fourth-order valence-corrected chi connectivity index (χ4v) is 6.20. The van der Waals surface area contributed by atoms with Crippen LogP contribution in [0.4, 0.5) is 5.95 Å². The summed E-state index contributed by atoms with van der Waals surface area (Å²) < 4.78 is 0. The number of nitrogens with one attached hydrogen (secondary N) is 3. The van der Waals surface area contributed by atoms with Crippen molar-refractivity contribution in [3.63, 3.8) is 0 Å². The zero-order valence-electron chi connectivity index (χ0n) is 22.3. The van der Waals surface area contributed by atoms with Crippen molar-refractivity contribution in [1.82, 2.24) is 25.2 Å². The number of piperidine rings is 1. The van der Waals surface area contributed by atoms with Gasteiger partial charge in [-0.05, 0) is 67.6 Å². The Kier molecular flexibility index (Phi) is 7.54. The molecule has 0 radical (unpaired) electrons. The number of carbonyl (C=O) groups is 2. The third kappa shape index (κ3) is 5.96. The number of aromatic nitrogens is 3. The molecule has 3 N–H and O–H groups in total. The third-order valence-corrected chi connectivity index (χ3v) is 8.25. The Bertz CT molecular complexity index is 1470. The highest BCUT2D eigenvalue weighted by Gasteiger charge is 2.24. The highest BCUT2D eigenvalue weighted by atomic mass is 16.2. The van der Waals surface area contributed by atoms with Crippen LogP contribution >= 0.6 is 0 Å². The molecule has 1 aliphatic heterocycles. The topological polar surface area (TPSA) is 103 Å². The van der Waals surface area contributed by atoms with Crippen LogP contribution in [-0.4, -0.2) is 57.8 Å². The molecule has 202 valence electrons. The molecule has 6 rings (SSSR count). The first-order chi connectivity index (χ1) is 19.1. The predicted octanol–water partition coefficient (Wildman–Crippen LogP) is 5.39. The van der Waals surface area contributed by atoms with Gasteiger partial charge in [0.25, 0.3) is 11.8 Å². The Hall–Kier alpha value is -3.78. The number of benzene rings is 2. The number of fused-ring (bicyclic) bond motifs is 2. The Balaban J connectivity index is 1.08. The van der Waals surface area contributed by atoms with Gasteiger partial charge in [-0.15, -0.1) is 0 Å². The molecule has 39 heavy (non-hydrogen) atoms. The number of hydrogen-bond donors (Lipinski definition) is 3. The van der Waals surface area contributed by atoms with E-state index in [4.69, 9.17) is 0 Å². The van der Waals surface area contributed by atoms with Crippen molar-refractivity contribution in [2.24, 2.45) is 11.8 Å². The first-order valence-corrected chi connectivity index (χ1v) is 14.3. The summed E-state index contributed by atoms with van der Waals surface area (Å²) in [5.74, 6) is 1.10. The minimum absolute atomic E-state index is 0.134. The molecule has 2 fully saturated rings. The molecule has 2 amide bonds. The lowest BCUT2D eigenvalue weighted by Gasteiger charge is -2.36. The maximum Gasteiger partial charge on any atom is 0.276 e. The van der Waals surface area contributed by atoms with Crippen LogP contribution in [-0.2, 0) is 0 Å². The fourth-order valence-electron chi connectivity index (χ4n) is 6.20. The number of H-pyrrole nitrogens is 1. The van der Waals surface area contributed by atoms with E-state index in [0.717, 1.165) is 29.7 Å². The number of rotatable bonds is 7. The highest BCUT2D eigenvalue weighted by Crippen LogP contribution is 2.26. The zero-order chi connectivity index (χ0) is 26.6. The SMILES string of the molecule is O=C(Nc1nc2c(C(=O)NC[C@@H]3CCCN(CC4CCCCC4)C3)cccc2[nH]1)c1cc2ccccc2cn1. The maximum absolute atomic E-state index is 13.2. The lowest BCUT2D eigenvalue weighted by molar-refractivity contribution is 0.0924. The van der Waals surface area contributed by atoms with Crippen molar-refractivity contribution < 1.29 is 9.59 Å². The molecule has 0 bridgehead atoms. The Morgan fingerprint density at radius 3 is 2.62 bits per heavy atom. The second-order valence-electron chi connectivity index (χ2n) is 11.1. The summed E-state index contributed by atoms with van der Waals surface area (Å²) in [6.45, 7) is 4.11. The van der Waals surface area contributed by atoms with Gasteiger partial charge >= 0.3 is 0 Å². The van der Waals surface area contributed by atoms with Gasteiger partial charge in [0.1, 0.15) is 11.2 Å². The first kappa shape index (κ1) is 25.5. The van der Waals surface area contributed by atoms with Crippen LogP contribution in [0.15, 0.2) is 54.7 Å². The minimum atomic E-state index is -0.360. The van der Waals surface area contributed by atoms with Crippen LogP contribution in [0.2, 0.25) is 0 Å². The van der Waals surface area contributed by atoms with Gasteiger partial charge in [0.05, 0.1) is 11.1 Å². The summed E-state index contributed by atoms with van der Waals surface area (Å²) in [5.41, 5.74) is 2.04. The third-order valence-electron chi connectivity index (χ3n) is 8.25. The van der Waals surface area contributed by atoms with Crippen LogP contribution in [0, 0.1) is 11.8 Å². The summed E-state index contributed by atoms with van der Waals surface area (Å²) in [6, 6.07) is 15.0. The van der Waals surface area contributed by atoms with Crippen LogP contribution in [0.1, 0.15) is 65.8 Å². The van der Waals surface area contributed by atoms with Gasteiger partial charge < -0.3 is 15.2 Å². The molecular weight excluding hydrogens is 488 g/mol. The lowest BCUT2D eigenvalue weighted by atomic mass is 9.88. The van der Waals surface area contributed by atoms with Gasteiger partial charge in [-0.25, -0.2) is 4.98 Å². The number of imidazole rings is 1. The van der Waals surface area contributed by atoms with E-state index in [1.165, 1.54) is 51.6 Å². The number of hydrogen-bond acceptors (Lipinski definition) is 5. The largest absolute Gasteiger partial charge is 0.352 e. The van der Waals surface area contributed by atoms with E-state index < -0.39 is 0 Å². The number of pyridine rings is 1. The van der Waals surface area contributed by atoms with E-state index in [1.807, 2.05) is 36.4 Å². The summed E-state index contributed by atoms with van der Waals surface area (Å²) in [6.07, 6.45) is 10.9. The molecule has 8 nitrogen and oxygen atoms in total. The standard InChI is InChI=1S/C31H36N6O2/c38-29(33-17-22-10-7-15-37(20-22)19-21-8-2-1-3-9-21)25-13-6-14-26-28(25)35-31(34-26)36-30(39)27-16-23-11-4-5-12-24(23)18-32-27/h4-6,11-14,16,18,21-22H,1-3,7-10,15,17,19-20H2,(H,33,38)(H2,34,35,36,39)/t22-/m0/s1. The number of para-hydroxylation sites is 1. The van der Waals surface area contributed by atoms with E-state index in [9.17, 15) is 9.59 Å². The molecule has 3 heterocycles. The average molecular weight is 525 g/mol. The van der Waals surface area contributed by atoms with Crippen molar-refractivity contribution in [3.05, 3.63) is 66.0 Å². The van der Waals surface area contributed by atoms with Crippen LogP contribution < -0.4 is 10.6 Å². The van der Waals surface area contributed by atoms with Crippen molar-refractivity contribution in [1.29, 1.82) is 0 Å². The van der Waals surface area contributed by atoms with E-state index in [-0.39, 0.29) is 17.8 Å². The molecule has 8 heteroatoms. The molecule has 2 aliphatic rings. The average Bonchev–Trinajstić information content (AvgIpc) is 3.39. The number of carbonyl (C=O) groups excluding carboxylic acids is 2. The van der Waals surface area contributed by atoms with Crippen molar-refractivity contribution in [2.75, 3.05) is 31.5 Å². The summed E-state index contributed by atoms with van der Waals surface area (Å²) in [5, 5.41) is 7.87. The Labute approximate surface area is 228 Å². The molecule has 1 saturated carbocycles. The van der Waals surface area contributed by atoms with Crippen LogP contribution in [0.5, 0.6) is 0 Å². The van der Waals surface area contributed by atoms with Gasteiger partial charge in [0.2, 0.25) is 5.95 Å². The Morgan fingerprint density at radius 2 is 1.74 bits per heavy atom. The quantitative estimate of drug-likeness (QED) is 0.301. The molecule has 0 spiro atoms. The van der Waals surface area contributed by atoms with Gasteiger partial charge in [-0.1, -0.05) is 49.6 Å². The summed E-state index contributed by atoms with van der Waals surface area (Å²) in [7, 11) is 0. The molecule has 2 aromatic carbocycles. The second-order valence-corrected chi connectivity index (χ2v) is 11.1. The van der Waals surface area contributed by atoms with Crippen molar-refractivity contribution >= 4 is 39.6 Å². The molecule has 1 atom stereocenters. The monoisotopic (exact) mass is 524 g/mol. The van der Waals surface area contributed by atoms with Gasteiger partial charge in [0, 0.05) is 31.2 Å². The first-order valence-electron chi connectivity index (χ1n) is 14.3. The Morgan fingerprint density at radius 1 is 0.923 bits per heavy atom. The van der Waals surface area contributed by atoms with Crippen molar-refractivity contribution in [3.8, 4) is 0 Å². The summed E-state index contributed by atoms with van der Waals surface area (Å²) in [4.78, 5) is 40.6. The number of amides is 2.